The number of aliphatic hydroxyl groups excluding tert-OH is 1. The van der Waals surface area contributed by atoms with Gasteiger partial charge in [0, 0.05) is 6.61 Å². The Labute approximate surface area is 135 Å². The Morgan fingerprint density at radius 1 is 1.09 bits per heavy atom. The molecular weight excluding hydrogens is 300 g/mol. The van der Waals surface area contributed by atoms with Crippen LogP contribution < -0.4 is 10.6 Å². The van der Waals surface area contributed by atoms with Crippen LogP contribution >= 0.6 is 11.6 Å². The number of hydrogen-bond donors (Lipinski definition) is 3. The Hall–Kier alpha value is -2.04. The van der Waals surface area contributed by atoms with Gasteiger partial charge in [-0.15, -0.1) is 0 Å². The van der Waals surface area contributed by atoms with Gasteiger partial charge in [-0.05, 0) is 30.5 Å². The van der Waals surface area contributed by atoms with Crippen LogP contribution in [0, 0.1) is 0 Å². The largest absolute Gasteiger partial charge is 0.396 e. The van der Waals surface area contributed by atoms with Crippen LogP contribution in [0.4, 0.5) is 10.5 Å². The minimum atomic E-state index is -0.320. The maximum Gasteiger partial charge on any atom is 0.319 e. The first-order valence-electron chi connectivity index (χ1n) is 7.18. The van der Waals surface area contributed by atoms with E-state index in [1.54, 1.807) is 18.2 Å². The van der Waals surface area contributed by atoms with Crippen LogP contribution in [-0.4, -0.2) is 17.7 Å². The molecule has 0 aliphatic carbocycles. The van der Waals surface area contributed by atoms with Gasteiger partial charge in [0.05, 0.1) is 16.8 Å². The van der Waals surface area contributed by atoms with E-state index in [1.807, 2.05) is 36.4 Å². The molecule has 0 aromatic heterocycles. The third-order valence-corrected chi connectivity index (χ3v) is 3.61. The second kappa shape index (κ2) is 8.41. The highest BCUT2D eigenvalue weighted by Crippen LogP contribution is 2.22. The lowest BCUT2D eigenvalue weighted by Gasteiger charge is -2.19. The van der Waals surface area contributed by atoms with Gasteiger partial charge in [-0.3, -0.25) is 0 Å². The molecule has 22 heavy (non-hydrogen) atoms. The van der Waals surface area contributed by atoms with Crippen molar-refractivity contribution in [3.8, 4) is 0 Å². The van der Waals surface area contributed by atoms with Gasteiger partial charge in [-0.1, -0.05) is 54.1 Å². The summed E-state index contributed by atoms with van der Waals surface area (Å²) in [5.74, 6) is 0. The van der Waals surface area contributed by atoms with Gasteiger partial charge in [0.2, 0.25) is 0 Å². The summed E-state index contributed by atoms with van der Waals surface area (Å²) in [6.45, 7) is 0.0944. The Balaban J connectivity index is 2.03. The van der Waals surface area contributed by atoms with E-state index in [-0.39, 0.29) is 18.7 Å². The molecule has 0 heterocycles. The van der Waals surface area contributed by atoms with E-state index in [1.165, 1.54) is 0 Å². The summed E-state index contributed by atoms with van der Waals surface area (Å²) in [5.41, 5.74) is 1.57. The number of amides is 2. The molecule has 1 unspecified atom stereocenters. The van der Waals surface area contributed by atoms with Crippen LogP contribution in [0.1, 0.15) is 24.4 Å². The lowest BCUT2D eigenvalue weighted by Crippen LogP contribution is -2.32. The molecule has 0 aliphatic rings. The third-order valence-electron chi connectivity index (χ3n) is 3.28. The van der Waals surface area contributed by atoms with Crippen LogP contribution in [0.15, 0.2) is 54.6 Å². The van der Waals surface area contributed by atoms with Crippen molar-refractivity contribution >= 4 is 23.3 Å². The van der Waals surface area contributed by atoms with Gasteiger partial charge in [-0.25, -0.2) is 4.79 Å². The molecule has 0 radical (unpaired) electrons. The first-order chi connectivity index (χ1) is 10.7. The molecule has 0 bridgehead atoms. The molecule has 2 aromatic rings. The van der Waals surface area contributed by atoms with E-state index in [4.69, 9.17) is 16.7 Å². The highest BCUT2D eigenvalue weighted by molar-refractivity contribution is 6.33. The van der Waals surface area contributed by atoms with E-state index < -0.39 is 0 Å². The van der Waals surface area contributed by atoms with Crippen molar-refractivity contribution in [1.82, 2.24) is 5.32 Å². The van der Waals surface area contributed by atoms with Gasteiger partial charge in [0.1, 0.15) is 0 Å². The van der Waals surface area contributed by atoms with E-state index >= 15 is 0 Å². The fourth-order valence-corrected chi connectivity index (χ4v) is 2.37. The fourth-order valence-electron chi connectivity index (χ4n) is 2.18. The average Bonchev–Trinajstić information content (AvgIpc) is 2.54. The topological polar surface area (TPSA) is 61.4 Å². The van der Waals surface area contributed by atoms with Crippen LogP contribution in [0.25, 0.3) is 0 Å². The van der Waals surface area contributed by atoms with Gasteiger partial charge >= 0.3 is 6.03 Å². The predicted molar refractivity (Wildman–Crippen MR) is 89.1 cm³/mol. The molecule has 116 valence electrons. The molecule has 3 N–H and O–H groups in total. The Kier molecular flexibility index (Phi) is 6.25. The number of rotatable bonds is 6. The highest BCUT2D eigenvalue weighted by Gasteiger charge is 2.14. The maximum absolute atomic E-state index is 12.2. The average molecular weight is 319 g/mol. The van der Waals surface area contributed by atoms with Crippen LogP contribution in [-0.2, 0) is 0 Å². The molecule has 4 nitrogen and oxygen atoms in total. The number of halogens is 1. The molecule has 0 saturated heterocycles. The standard InChI is InChI=1S/C17H19ClN2O2/c18-14-9-4-5-10-16(14)20-17(22)19-15(11-6-12-21)13-7-2-1-3-8-13/h1-5,7-10,15,21H,6,11-12H2,(H2,19,20,22). The molecule has 0 saturated carbocycles. The number of carbonyl (C=O) groups excluding carboxylic acids is 1. The molecule has 5 heteroatoms. The number of anilines is 1. The first-order valence-corrected chi connectivity index (χ1v) is 7.56. The summed E-state index contributed by atoms with van der Waals surface area (Å²) >= 11 is 6.03. The molecule has 2 amide bonds. The SMILES string of the molecule is O=C(Nc1ccccc1Cl)NC(CCCO)c1ccccc1. The van der Waals surface area contributed by atoms with E-state index in [9.17, 15) is 4.79 Å². The van der Waals surface area contributed by atoms with E-state index in [0.29, 0.717) is 23.6 Å². The molecule has 0 spiro atoms. The second-order valence-corrected chi connectivity index (χ2v) is 5.31. The minimum absolute atomic E-state index is 0.0944. The third kappa shape index (κ3) is 4.76. The second-order valence-electron chi connectivity index (χ2n) is 4.91. The molecular formula is C17H19ClN2O2. The molecule has 0 fully saturated rings. The van der Waals surface area contributed by atoms with Gasteiger partial charge in [0.15, 0.2) is 0 Å². The monoisotopic (exact) mass is 318 g/mol. The highest BCUT2D eigenvalue weighted by atomic mass is 35.5. The van der Waals surface area contributed by atoms with Crippen molar-refractivity contribution in [3.05, 3.63) is 65.2 Å². The molecule has 2 aromatic carbocycles. The normalized spacial score (nSPS) is 11.7. The van der Waals surface area contributed by atoms with Gasteiger partial charge in [0.25, 0.3) is 0 Å². The lowest BCUT2D eigenvalue weighted by molar-refractivity contribution is 0.244. The molecule has 0 aliphatic heterocycles. The van der Waals surface area contributed by atoms with Crippen molar-refractivity contribution < 1.29 is 9.90 Å². The van der Waals surface area contributed by atoms with Crippen LogP contribution in [0.5, 0.6) is 0 Å². The zero-order chi connectivity index (χ0) is 15.8. The zero-order valence-corrected chi connectivity index (χ0v) is 12.9. The number of carbonyl (C=O) groups is 1. The Morgan fingerprint density at radius 2 is 1.77 bits per heavy atom. The number of hydrogen-bond acceptors (Lipinski definition) is 2. The number of urea groups is 1. The minimum Gasteiger partial charge on any atom is -0.396 e. The number of para-hydroxylation sites is 1. The molecule has 2 rings (SSSR count). The van der Waals surface area contributed by atoms with Gasteiger partial charge < -0.3 is 15.7 Å². The maximum atomic E-state index is 12.2. The lowest BCUT2D eigenvalue weighted by atomic mass is 10.0. The van der Waals surface area contributed by atoms with Crippen molar-refractivity contribution in [2.75, 3.05) is 11.9 Å². The summed E-state index contributed by atoms with van der Waals surface area (Å²) in [4.78, 5) is 12.2. The summed E-state index contributed by atoms with van der Waals surface area (Å²) in [5, 5.41) is 15.2. The Morgan fingerprint density at radius 3 is 2.45 bits per heavy atom. The summed E-state index contributed by atoms with van der Waals surface area (Å²) in [7, 11) is 0. The van der Waals surface area contributed by atoms with Crippen LogP contribution in [0.2, 0.25) is 5.02 Å². The summed E-state index contributed by atoms with van der Waals surface area (Å²) < 4.78 is 0. The smallest absolute Gasteiger partial charge is 0.319 e. The predicted octanol–water partition coefficient (Wildman–Crippen LogP) is 3.98. The number of aliphatic hydroxyl groups is 1. The van der Waals surface area contributed by atoms with Crippen molar-refractivity contribution in [2.45, 2.75) is 18.9 Å². The van der Waals surface area contributed by atoms with Crippen molar-refractivity contribution in [3.63, 3.8) is 0 Å². The summed E-state index contributed by atoms with van der Waals surface area (Å²) in [6, 6.07) is 16.3. The van der Waals surface area contributed by atoms with Crippen LogP contribution in [0.3, 0.4) is 0 Å². The van der Waals surface area contributed by atoms with E-state index in [2.05, 4.69) is 10.6 Å². The quantitative estimate of drug-likeness (QED) is 0.754. The van der Waals surface area contributed by atoms with Crippen molar-refractivity contribution in [1.29, 1.82) is 0 Å². The van der Waals surface area contributed by atoms with Gasteiger partial charge in [-0.2, -0.15) is 0 Å². The molecule has 1 atom stereocenters. The fraction of sp³-hybridized carbons (Fsp3) is 0.235. The Bertz CT molecular complexity index is 605. The summed E-state index contributed by atoms with van der Waals surface area (Å²) in [6.07, 6.45) is 1.28. The number of nitrogens with one attached hydrogen (secondary N) is 2. The zero-order valence-electron chi connectivity index (χ0n) is 12.1. The van der Waals surface area contributed by atoms with E-state index in [0.717, 1.165) is 5.56 Å². The van der Waals surface area contributed by atoms with Crippen molar-refractivity contribution in [2.24, 2.45) is 0 Å². The number of benzene rings is 2. The first kappa shape index (κ1) is 16.3.